The molecule has 10 aromatic rings. The fraction of sp³-hybridized carbons (Fsp3) is 0.0847. The van der Waals surface area contributed by atoms with Crippen molar-refractivity contribution in [1.29, 1.82) is 0 Å². The number of nitrogens with zero attached hydrogens (tertiary/aromatic N) is 6. The lowest BCUT2D eigenvalue weighted by atomic mass is 9.82. The zero-order valence-electron chi connectivity index (χ0n) is 36.8. The van der Waals surface area contributed by atoms with Crippen LogP contribution in [0.1, 0.15) is 36.6 Å². The maximum atomic E-state index is 4.91. The van der Waals surface area contributed by atoms with Crippen LogP contribution in [0.2, 0.25) is 0 Å². The van der Waals surface area contributed by atoms with Crippen LogP contribution in [0.5, 0.6) is 0 Å². The zero-order chi connectivity index (χ0) is 44.3. The Labute approximate surface area is 380 Å². The van der Waals surface area contributed by atoms with Crippen molar-refractivity contribution in [2.75, 3.05) is 0 Å². The zero-order valence-corrected chi connectivity index (χ0v) is 36.8. The van der Waals surface area contributed by atoms with Gasteiger partial charge in [0.2, 0.25) is 0 Å². The van der Waals surface area contributed by atoms with E-state index in [2.05, 4.69) is 193 Å². The molecule has 0 amide bonds. The first-order valence-corrected chi connectivity index (χ1v) is 21.9. The standard InChI is InChI=1S/C31H25N3.C28H21N3/c1-20-32-29(23-13-9-12-22(18-23)21-10-5-4-6-11-21)34-30(33-20)24-16-17-26-25-14-7-8-15-27(25)31(2,3)28(26)19-24;1-20-29-27(24-17-15-23(16-18-24)21-9-4-2-5-10-21)31-28(30-20)26-14-8-13-25(19-26)22-11-6-3-7-12-22/h4-19H,1-3H3;2-19H,1H3. The number of hydrogen-bond donors (Lipinski definition) is 0. The second-order valence-corrected chi connectivity index (χ2v) is 16.8. The number of fused-ring (bicyclic) bond motifs is 3. The molecule has 1 aliphatic rings. The summed E-state index contributed by atoms with van der Waals surface area (Å²) in [6.07, 6.45) is 0. The largest absolute Gasteiger partial charge is 0.213 e. The highest BCUT2D eigenvalue weighted by Crippen LogP contribution is 2.49. The van der Waals surface area contributed by atoms with E-state index in [1.54, 1.807) is 0 Å². The van der Waals surface area contributed by atoms with Crippen LogP contribution in [0.25, 0.3) is 90.1 Å². The van der Waals surface area contributed by atoms with E-state index < -0.39 is 0 Å². The molecule has 0 unspecified atom stereocenters. The van der Waals surface area contributed by atoms with Gasteiger partial charge in [-0.1, -0.05) is 202 Å². The van der Waals surface area contributed by atoms with Gasteiger partial charge in [-0.2, -0.15) is 0 Å². The van der Waals surface area contributed by atoms with E-state index in [4.69, 9.17) is 15.0 Å². The Kier molecular flexibility index (Phi) is 11.0. The Balaban J connectivity index is 0.000000154. The smallest absolute Gasteiger partial charge is 0.163 e. The number of benzene rings is 8. The summed E-state index contributed by atoms with van der Waals surface area (Å²) in [5, 5.41) is 0. The van der Waals surface area contributed by atoms with Gasteiger partial charge in [-0.15, -0.1) is 0 Å². The van der Waals surface area contributed by atoms with E-state index in [1.165, 1.54) is 44.5 Å². The van der Waals surface area contributed by atoms with Crippen LogP contribution in [0.4, 0.5) is 0 Å². The summed E-state index contributed by atoms with van der Waals surface area (Å²) >= 11 is 0. The summed E-state index contributed by atoms with van der Waals surface area (Å²) in [6, 6.07) is 71.5. The van der Waals surface area contributed by atoms with E-state index in [1.807, 2.05) is 56.3 Å². The molecule has 312 valence electrons. The van der Waals surface area contributed by atoms with Gasteiger partial charge in [0.1, 0.15) is 11.6 Å². The predicted molar refractivity (Wildman–Crippen MR) is 265 cm³/mol. The summed E-state index contributed by atoms with van der Waals surface area (Å²) in [6.45, 7) is 8.43. The second kappa shape index (κ2) is 17.5. The Bertz CT molecular complexity index is 3290. The number of hydrogen-bond acceptors (Lipinski definition) is 6. The van der Waals surface area contributed by atoms with Crippen molar-refractivity contribution in [1.82, 2.24) is 29.9 Å². The molecule has 0 radical (unpaired) electrons. The van der Waals surface area contributed by atoms with E-state index in [-0.39, 0.29) is 5.41 Å². The molecule has 0 N–H and O–H groups in total. The van der Waals surface area contributed by atoms with Crippen LogP contribution in [0, 0.1) is 13.8 Å². The van der Waals surface area contributed by atoms with Crippen LogP contribution in [-0.4, -0.2) is 29.9 Å². The lowest BCUT2D eigenvalue weighted by molar-refractivity contribution is 0.660. The normalized spacial score (nSPS) is 12.1. The third-order valence-electron chi connectivity index (χ3n) is 12.0. The van der Waals surface area contributed by atoms with Gasteiger partial charge < -0.3 is 0 Å². The first kappa shape index (κ1) is 40.8. The van der Waals surface area contributed by atoms with Gasteiger partial charge in [-0.05, 0) is 87.7 Å². The molecule has 0 spiro atoms. The summed E-state index contributed by atoms with van der Waals surface area (Å²) in [5.74, 6) is 4.20. The Hall–Kier alpha value is -8.22. The van der Waals surface area contributed by atoms with Gasteiger partial charge in [-0.3, -0.25) is 0 Å². The predicted octanol–water partition coefficient (Wildman–Crippen LogP) is 14.3. The van der Waals surface area contributed by atoms with Crippen molar-refractivity contribution < 1.29 is 0 Å². The fourth-order valence-electron chi connectivity index (χ4n) is 8.70. The van der Waals surface area contributed by atoms with Crippen LogP contribution < -0.4 is 0 Å². The first-order valence-electron chi connectivity index (χ1n) is 21.9. The molecule has 0 aliphatic heterocycles. The van der Waals surface area contributed by atoms with Crippen molar-refractivity contribution >= 4 is 0 Å². The topological polar surface area (TPSA) is 77.3 Å². The van der Waals surface area contributed by atoms with Crippen molar-refractivity contribution in [2.45, 2.75) is 33.1 Å². The third-order valence-corrected chi connectivity index (χ3v) is 12.0. The van der Waals surface area contributed by atoms with Gasteiger partial charge >= 0.3 is 0 Å². The molecule has 6 nitrogen and oxygen atoms in total. The van der Waals surface area contributed by atoms with Crippen molar-refractivity contribution in [3.8, 4) is 90.1 Å². The molecule has 11 rings (SSSR count). The average molecular weight is 839 g/mol. The Morgan fingerprint density at radius 1 is 0.262 bits per heavy atom. The molecule has 0 saturated heterocycles. The number of aryl methyl sites for hydroxylation is 2. The molecule has 1 aliphatic carbocycles. The van der Waals surface area contributed by atoms with E-state index >= 15 is 0 Å². The fourth-order valence-corrected chi connectivity index (χ4v) is 8.70. The molecule has 6 heteroatoms. The van der Waals surface area contributed by atoms with E-state index in [0.29, 0.717) is 34.9 Å². The minimum atomic E-state index is -0.0587. The summed E-state index contributed by atoms with van der Waals surface area (Å²) in [7, 11) is 0. The molecule has 65 heavy (non-hydrogen) atoms. The van der Waals surface area contributed by atoms with E-state index in [0.717, 1.165) is 33.4 Å². The third kappa shape index (κ3) is 8.50. The maximum absolute atomic E-state index is 4.91. The molecule has 0 saturated carbocycles. The SMILES string of the molecule is Cc1nc(-c2ccc(-c3ccccc3)cc2)nc(-c2cccc(-c3ccccc3)c2)n1.Cc1nc(-c2cccc(-c3ccccc3)c2)nc(-c2ccc3c(c2)C(C)(C)c2ccccc2-3)n1. The highest BCUT2D eigenvalue weighted by atomic mass is 15.0. The molecule has 0 fully saturated rings. The first-order chi connectivity index (χ1) is 31.8. The molecule has 2 aromatic heterocycles. The molecule has 0 atom stereocenters. The average Bonchev–Trinajstić information content (AvgIpc) is 3.59. The van der Waals surface area contributed by atoms with E-state index in [9.17, 15) is 0 Å². The Morgan fingerprint density at radius 3 is 1.11 bits per heavy atom. The number of rotatable bonds is 7. The molecule has 8 aromatic carbocycles. The van der Waals surface area contributed by atoms with Crippen LogP contribution in [0.15, 0.2) is 206 Å². The summed E-state index contributed by atoms with van der Waals surface area (Å²) in [4.78, 5) is 28.3. The van der Waals surface area contributed by atoms with Crippen molar-refractivity contribution in [3.63, 3.8) is 0 Å². The minimum absolute atomic E-state index is 0.0587. The number of aromatic nitrogens is 6. The second-order valence-electron chi connectivity index (χ2n) is 16.8. The van der Waals surface area contributed by atoms with Gasteiger partial charge in [0.15, 0.2) is 23.3 Å². The highest BCUT2D eigenvalue weighted by Gasteiger charge is 2.35. The van der Waals surface area contributed by atoms with Gasteiger partial charge in [0, 0.05) is 27.7 Å². The lowest BCUT2D eigenvalue weighted by Gasteiger charge is -2.21. The lowest BCUT2D eigenvalue weighted by Crippen LogP contribution is -2.15. The summed E-state index contributed by atoms with van der Waals surface area (Å²) in [5.41, 5.74) is 16.2. The molecule has 0 bridgehead atoms. The molecular weight excluding hydrogens is 793 g/mol. The van der Waals surface area contributed by atoms with Crippen LogP contribution in [0.3, 0.4) is 0 Å². The minimum Gasteiger partial charge on any atom is -0.213 e. The van der Waals surface area contributed by atoms with Gasteiger partial charge in [0.05, 0.1) is 0 Å². The van der Waals surface area contributed by atoms with Crippen LogP contribution in [-0.2, 0) is 5.41 Å². The summed E-state index contributed by atoms with van der Waals surface area (Å²) < 4.78 is 0. The Morgan fingerprint density at radius 2 is 0.600 bits per heavy atom. The van der Waals surface area contributed by atoms with Crippen molar-refractivity contribution in [2.24, 2.45) is 0 Å². The highest BCUT2D eigenvalue weighted by molar-refractivity contribution is 5.83. The van der Waals surface area contributed by atoms with Crippen molar-refractivity contribution in [3.05, 3.63) is 229 Å². The quantitative estimate of drug-likeness (QED) is 0.159. The van der Waals surface area contributed by atoms with Gasteiger partial charge in [0.25, 0.3) is 0 Å². The molecule has 2 heterocycles. The molecular formula is C59H46N6. The van der Waals surface area contributed by atoms with Crippen LogP contribution >= 0.6 is 0 Å². The monoisotopic (exact) mass is 838 g/mol. The maximum Gasteiger partial charge on any atom is 0.163 e. The van der Waals surface area contributed by atoms with Gasteiger partial charge in [-0.25, -0.2) is 29.9 Å².